The third-order valence-corrected chi connectivity index (χ3v) is 3.36. The molecule has 0 saturated heterocycles. The van der Waals surface area contributed by atoms with Crippen LogP contribution in [0, 0.1) is 5.92 Å². The quantitative estimate of drug-likeness (QED) is 0.818. The molecule has 0 spiro atoms. The van der Waals surface area contributed by atoms with Gasteiger partial charge in [-0.3, -0.25) is 0 Å². The number of rotatable bonds is 5. The summed E-state index contributed by atoms with van der Waals surface area (Å²) >= 11 is 0. The lowest BCUT2D eigenvalue weighted by molar-refractivity contribution is 0.299. The van der Waals surface area contributed by atoms with Gasteiger partial charge >= 0.3 is 0 Å². The van der Waals surface area contributed by atoms with Crippen LogP contribution in [0.1, 0.15) is 31.5 Å². The van der Waals surface area contributed by atoms with E-state index in [0.29, 0.717) is 12.4 Å². The summed E-state index contributed by atoms with van der Waals surface area (Å²) in [6.07, 6.45) is 7.29. The van der Waals surface area contributed by atoms with E-state index in [1.807, 2.05) is 6.07 Å². The zero-order valence-electron chi connectivity index (χ0n) is 9.89. The Labute approximate surface area is 96.9 Å². The van der Waals surface area contributed by atoms with Crippen LogP contribution in [0.25, 0.3) is 0 Å². The number of aromatic nitrogens is 2. The van der Waals surface area contributed by atoms with Crippen molar-refractivity contribution in [3.63, 3.8) is 0 Å². The Morgan fingerprint density at radius 2 is 2.31 bits per heavy atom. The summed E-state index contributed by atoms with van der Waals surface area (Å²) in [6.45, 7) is 1.48. The Morgan fingerprint density at radius 3 is 2.94 bits per heavy atom. The molecule has 4 heteroatoms. The van der Waals surface area contributed by atoms with E-state index in [1.54, 1.807) is 6.20 Å². The van der Waals surface area contributed by atoms with Crippen molar-refractivity contribution in [1.29, 1.82) is 0 Å². The van der Waals surface area contributed by atoms with E-state index >= 15 is 0 Å². The lowest BCUT2D eigenvalue weighted by Crippen LogP contribution is -2.24. The number of hydrogen-bond acceptors (Lipinski definition) is 4. The lowest BCUT2D eigenvalue weighted by Gasteiger charge is -2.28. The van der Waals surface area contributed by atoms with Gasteiger partial charge in [-0.05, 0) is 18.4 Å². The van der Waals surface area contributed by atoms with Crippen LogP contribution in [0.5, 0.6) is 0 Å². The molecule has 4 nitrogen and oxygen atoms in total. The molecular formula is C12H20N4. The van der Waals surface area contributed by atoms with Crippen molar-refractivity contribution >= 4 is 5.82 Å². The third-order valence-electron chi connectivity index (χ3n) is 3.36. The third kappa shape index (κ3) is 2.70. The van der Waals surface area contributed by atoms with E-state index in [0.717, 1.165) is 18.3 Å². The minimum absolute atomic E-state index is 0.407. The van der Waals surface area contributed by atoms with Crippen LogP contribution in [0.3, 0.4) is 0 Å². The van der Waals surface area contributed by atoms with E-state index in [-0.39, 0.29) is 0 Å². The normalized spacial score (nSPS) is 15.9. The maximum absolute atomic E-state index is 5.53. The first kappa shape index (κ1) is 11.3. The highest BCUT2D eigenvalue weighted by Gasteiger charge is 2.17. The molecule has 2 N–H and O–H groups in total. The molecule has 0 aliphatic heterocycles. The largest absolute Gasteiger partial charge is 0.360 e. The summed E-state index contributed by atoms with van der Waals surface area (Å²) < 4.78 is 0. The predicted molar refractivity (Wildman–Crippen MR) is 65.2 cm³/mol. The molecule has 1 aliphatic carbocycles. The van der Waals surface area contributed by atoms with Crippen LogP contribution in [-0.4, -0.2) is 23.6 Å². The SMILES string of the molecule is CN(CCC1CCC1)c1ccnc(CN)n1. The highest BCUT2D eigenvalue weighted by molar-refractivity contribution is 5.35. The van der Waals surface area contributed by atoms with Gasteiger partial charge in [-0.1, -0.05) is 19.3 Å². The van der Waals surface area contributed by atoms with Crippen LogP contribution in [-0.2, 0) is 6.54 Å². The maximum Gasteiger partial charge on any atom is 0.144 e. The molecule has 1 aromatic rings. The molecule has 0 atom stereocenters. The van der Waals surface area contributed by atoms with E-state index in [4.69, 9.17) is 5.73 Å². The van der Waals surface area contributed by atoms with Gasteiger partial charge in [0.1, 0.15) is 11.6 Å². The molecule has 2 rings (SSSR count). The second-order valence-corrected chi connectivity index (χ2v) is 4.54. The van der Waals surface area contributed by atoms with Gasteiger partial charge in [0.25, 0.3) is 0 Å². The van der Waals surface area contributed by atoms with Crippen molar-refractivity contribution in [3.05, 3.63) is 18.1 Å². The van der Waals surface area contributed by atoms with Crippen LogP contribution in [0.4, 0.5) is 5.82 Å². The lowest BCUT2D eigenvalue weighted by atomic mass is 9.83. The summed E-state index contributed by atoms with van der Waals surface area (Å²) in [5.74, 6) is 2.64. The second kappa shape index (κ2) is 5.25. The van der Waals surface area contributed by atoms with Gasteiger partial charge in [-0.15, -0.1) is 0 Å². The molecule has 0 aromatic carbocycles. The smallest absolute Gasteiger partial charge is 0.144 e. The fraction of sp³-hybridized carbons (Fsp3) is 0.667. The van der Waals surface area contributed by atoms with Crippen molar-refractivity contribution in [3.8, 4) is 0 Å². The Kier molecular flexibility index (Phi) is 3.72. The Hall–Kier alpha value is -1.16. The van der Waals surface area contributed by atoms with Gasteiger partial charge in [0, 0.05) is 19.8 Å². The van der Waals surface area contributed by atoms with E-state index in [1.165, 1.54) is 25.7 Å². The first-order chi connectivity index (χ1) is 7.79. The summed E-state index contributed by atoms with van der Waals surface area (Å²) in [5, 5.41) is 0. The maximum atomic E-state index is 5.53. The van der Waals surface area contributed by atoms with Gasteiger partial charge < -0.3 is 10.6 Å². The van der Waals surface area contributed by atoms with Crippen molar-refractivity contribution in [1.82, 2.24) is 9.97 Å². The number of anilines is 1. The molecular weight excluding hydrogens is 200 g/mol. The van der Waals surface area contributed by atoms with E-state index < -0.39 is 0 Å². The van der Waals surface area contributed by atoms with Crippen molar-refractivity contribution in [2.45, 2.75) is 32.2 Å². The second-order valence-electron chi connectivity index (χ2n) is 4.54. The van der Waals surface area contributed by atoms with Gasteiger partial charge in [-0.25, -0.2) is 9.97 Å². The molecule has 0 unspecified atom stereocenters. The molecule has 0 bridgehead atoms. The fourth-order valence-electron chi connectivity index (χ4n) is 1.97. The van der Waals surface area contributed by atoms with Gasteiger partial charge in [0.05, 0.1) is 6.54 Å². The monoisotopic (exact) mass is 220 g/mol. The highest BCUT2D eigenvalue weighted by atomic mass is 15.2. The minimum atomic E-state index is 0.407. The standard InChI is InChI=1S/C12H20N4/c1-16(8-6-10-3-2-4-10)12-5-7-14-11(9-13)15-12/h5,7,10H,2-4,6,8-9,13H2,1H3. The predicted octanol–water partition coefficient (Wildman–Crippen LogP) is 1.56. The highest BCUT2D eigenvalue weighted by Crippen LogP contribution is 2.29. The molecule has 0 radical (unpaired) electrons. The summed E-state index contributed by atoms with van der Waals surface area (Å²) in [4.78, 5) is 10.7. The fourth-order valence-corrected chi connectivity index (χ4v) is 1.97. The van der Waals surface area contributed by atoms with Crippen molar-refractivity contribution < 1.29 is 0 Å². The van der Waals surface area contributed by atoms with Gasteiger partial charge in [0.2, 0.25) is 0 Å². The Bertz CT molecular complexity index is 336. The number of nitrogens with two attached hydrogens (primary N) is 1. The van der Waals surface area contributed by atoms with E-state index in [9.17, 15) is 0 Å². The first-order valence-corrected chi connectivity index (χ1v) is 6.02. The molecule has 1 saturated carbocycles. The average Bonchev–Trinajstić information content (AvgIpc) is 2.27. The van der Waals surface area contributed by atoms with Gasteiger partial charge in [-0.2, -0.15) is 0 Å². The zero-order valence-corrected chi connectivity index (χ0v) is 9.89. The number of nitrogens with zero attached hydrogens (tertiary/aromatic N) is 3. The van der Waals surface area contributed by atoms with Crippen LogP contribution in [0.2, 0.25) is 0 Å². The molecule has 1 fully saturated rings. The van der Waals surface area contributed by atoms with Crippen LogP contribution < -0.4 is 10.6 Å². The van der Waals surface area contributed by atoms with Crippen LogP contribution in [0.15, 0.2) is 12.3 Å². The molecule has 1 aliphatic rings. The zero-order chi connectivity index (χ0) is 11.4. The summed E-state index contributed by atoms with van der Waals surface area (Å²) in [6, 6.07) is 1.94. The van der Waals surface area contributed by atoms with Gasteiger partial charge in [0.15, 0.2) is 0 Å². The molecule has 1 heterocycles. The van der Waals surface area contributed by atoms with Crippen molar-refractivity contribution in [2.75, 3.05) is 18.5 Å². The van der Waals surface area contributed by atoms with Crippen molar-refractivity contribution in [2.24, 2.45) is 11.7 Å². The summed E-state index contributed by atoms with van der Waals surface area (Å²) in [5.41, 5.74) is 5.53. The molecule has 0 amide bonds. The van der Waals surface area contributed by atoms with E-state index in [2.05, 4.69) is 21.9 Å². The Morgan fingerprint density at radius 1 is 1.50 bits per heavy atom. The minimum Gasteiger partial charge on any atom is -0.360 e. The Balaban J connectivity index is 1.88. The molecule has 16 heavy (non-hydrogen) atoms. The van der Waals surface area contributed by atoms with Crippen LogP contribution >= 0.6 is 0 Å². The first-order valence-electron chi connectivity index (χ1n) is 6.02. The number of hydrogen-bond donors (Lipinski definition) is 1. The molecule has 1 aromatic heterocycles. The topological polar surface area (TPSA) is 55.0 Å². The summed E-state index contributed by atoms with van der Waals surface area (Å²) in [7, 11) is 2.08. The molecule has 88 valence electrons. The average molecular weight is 220 g/mol.